The molecule has 0 unspecified atom stereocenters. The Morgan fingerprint density at radius 3 is 2.80 bits per heavy atom. The average molecular weight is 295 g/mol. The Balaban J connectivity index is 0.00000112. The van der Waals surface area contributed by atoms with Gasteiger partial charge in [0.1, 0.15) is 5.82 Å². The number of hydrogen-bond acceptors (Lipinski definition) is 1. The van der Waals surface area contributed by atoms with Gasteiger partial charge in [-0.05, 0) is 43.1 Å². The number of piperidine rings is 1. The topological polar surface area (TPSA) is 12.0 Å². The van der Waals surface area contributed by atoms with Gasteiger partial charge in [0.25, 0.3) is 0 Å². The summed E-state index contributed by atoms with van der Waals surface area (Å²) in [7, 11) is 0. The molecule has 0 aliphatic carbocycles. The van der Waals surface area contributed by atoms with Crippen LogP contribution in [0.2, 0.25) is 0 Å². The highest BCUT2D eigenvalue weighted by Crippen LogP contribution is 2.29. The van der Waals surface area contributed by atoms with Crippen LogP contribution in [-0.2, 0) is 0 Å². The zero-order chi connectivity index (χ0) is 9.97. The summed E-state index contributed by atoms with van der Waals surface area (Å²) < 4.78 is 14.1. The van der Waals surface area contributed by atoms with Crippen LogP contribution in [0, 0.1) is 5.82 Å². The zero-order valence-corrected chi connectivity index (χ0v) is 10.7. The molecule has 0 aromatic heterocycles. The summed E-state index contributed by atoms with van der Waals surface area (Å²) in [5, 5.41) is 3.41. The quantitative estimate of drug-likeness (QED) is 0.830. The Hall–Kier alpha value is -0.120. The van der Waals surface area contributed by atoms with Crippen LogP contribution in [0.4, 0.5) is 4.39 Å². The number of hydrogen-bond donors (Lipinski definition) is 1. The van der Waals surface area contributed by atoms with Gasteiger partial charge in [0.15, 0.2) is 0 Å². The Bertz CT molecular complexity index is 326. The molecule has 2 rings (SSSR count). The molecule has 1 aliphatic rings. The van der Waals surface area contributed by atoms with Crippen molar-refractivity contribution >= 4 is 28.3 Å². The Morgan fingerprint density at radius 2 is 2.13 bits per heavy atom. The van der Waals surface area contributed by atoms with Gasteiger partial charge in [0.2, 0.25) is 0 Å². The molecule has 1 aromatic rings. The second kappa shape index (κ2) is 5.83. The van der Waals surface area contributed by atoms with E-state index in [1.54, 1.807) is 12.1 Å². The van der Waals surface area contributed by atoms with Gasteiger partial charge in [-0.1, -0.05) is 22.4 Å². The van der Waals surface area contributed by atoms with E-state index in [4.69, 9.17) is 0 Å². The highest BCUT2D eigenvalue weighted by Gasteiger charge is 2.17. The lowest BCUT2D eigenvalue weighted by atomic mass is 9.97. The van der Waals surface area contributed by atoms with Crippen LogP contribution < -0.4 is 5.32 Å². The second-order valence-electron chi connectivity index (χ2n) is 3.67. The number of halogens is 3. The molecule has 0 spiro atoms. The lowest BCUT2D eigenvalue weighted by molar-refractivity contribution is 0.410. The predicted molar refractivity (Wildman–Crippen MR) is 65.9 cm³/mol. The van der Waals surface area contributed by atoms with Gasteiger partial charge in [-0.2, -0.15) is 0 Å². The standard InChI is InChI=1S/C11H13BrFN.ClH/c12-10-5-4-8(13)7-9(10)11-3-1-2-6-14-11;/h4-5,7,11,14H,1-3,6H2;1H/t11-;/m1./s1. The molecule has 1 saturated heterocycles. The first-order chi connectivity index (χ1) is 6.77. The summed E-state index contributed by atoms with van der Waals surface area (Å²) in [6, 6.07) is 5.19. The highest BCUT2D eigenvalue weighted by atomic mass is 79.9. The van der Waals surface area contributed by atoms with E-state index in [1.807, 2.05) is 0 Å². The summed E-state index contributed by atoms with van der Waals surface area (Å²) in [5.41, 5.74) is 1.05. The normalized spacial score (nSPS) is 20.8. The fraction of sp³-hybridized carbons (Fsp3) is 0.455. The van der Waals surface area contributed by atoms with Crippen molar-refractivity contribution in [3.8, 4) is 0 Å². The SMILES string of the molecule is Cl.Fc1ccc(Br)c([C@H]2CCCCN2)c1. The van der Waals surface area contributed by atoms with Gasteiger partial charge in [0.05, 0.1) is 0 Å². The maximum absolute atomic E-state index is 13.1. The highest BCUT2D eigenvalue weighted by molar-refractivity contribution is 9.10. The summed E-state index contributed by atoms with van der Waals surface area (Å²) in [4.78, 5) is 0. The molecule has 1 aliphatic heterocycles. The number of benzene rings is 1. The molecule has 1 N–H and O–H groups in total. The van der Waals surface area contributed by atoms with Crippen molar-refractivity contribution < 1.29 is 4.39 Å². The lowest BCUT2D eigenvalue weighted by Crippen LogP contribution is -2.27. The van der Waals surface area contributed by atoms with E-state index in [2.05, 4.69) is 21.2 Å². The van der Waals surface area contributed by atoms with Crippen LogP contribution in [0.15, 0.2) is 22.7 Å². The maximum Gasteiger partial charge on any atom is 0.123 e. The van der Waals surface area contributed by atoms with Gasteiger partial charge in [0, 0.05) is 10.5 Å². The van der Waals surface area contributed by atoms with E-state index in [0.717, 1.165) is 23.0 Å². The molecule has 4 heteroatoms. The van der Waals surface area contributed by atoms with E-state index in [-0.39, 0.29) is 18.2 Å². The van der Waals surface area contributed by atoms with Crippen LogP contribution >= 0.6 is 28.3 Å². The first-order valence-corrected chi connectivity index (χ1v) is 5.75. The number of nitrogens with one attached hydrogen (secondary N) is 1. The summed E-state index contributed by atoms with van der Waals surface area (Å²) in [6.07, 6.45) is 3.55. The van der Waals surface area contributed by atoms with Crippen molar-refractivity contribution in [2.24, 2.45) is 0 Å². The van der Waals surface area contributed by atoms with Crippen LogP contribution in [-0.4, -0.2) is 6.54 Å². The largest absolute Gasteiger partial charge is 0.310 e. The van der Waals surface area contributed by atoms with E-state index >= 15 is 0 Å². The van der Waals surface area contributed by atoms with Gasteiger partial charge >= 0.3 is 0 Å². The van der Waals surface area contributed by atoms with Crippen molar-refractivity contribution in [2.75, 3.05) is 6.54 Å². The third kappa shape index (κ3) is 3.16. The van der Waals surface area contributed by atoms with Crippen molar-refractivity contribution in [1.29, 1.82) is 0 Å². The van der Waals surface area contributed by atoms with Crippen LogP contribution in [0.25, 0.3) is 0 Å². The second-order valence-corrected chi connectivity index (χ2v) is 4.52. The minimum atomic E-state index is -0.157. The third-order valence-corrected chi connectivity index (χ3v) is 3.37. The molecule has 1 fully saturated rings. The van der Waals surface area contributed by atoms with Crippen molar-refractivity contribution in [3.05, 3.63) is 34.1 Å². The molecule has 0 amide bonds. The van der Waals surface area contributed by atoms with Gasteiger partial charge < -0.3 is 5.32 Å². The summed E-state index contributed by atoms with van der Waals surface area (Å²) >= 11 is 3.46. The molecule has 15 heavy (non-hydrogen) atoms. The third-order valence-electron chi connectivity index (χ3n) is 2.64. The molecule has 1 aromatic carbocycles. The molecule has 0 radical (unpaired) electrons. The van der Waals surface area contributed by atoms with Crippen LogP contribution in [0.3, 0.4) is 0 Å². The minimum absolute atomic E-state index is 0. The summed E-state index contributed by atoms with van der Waals surface area (Å²) in [6.45, 7) is 1.04. The number of rotatable bonds is 1. The van der Waals surface area contributed by atoms with E-state index < -0.39 is 0 Å². The van der Waals surface area contributed by atoms with Crippen molar-refractivity contribution in [3.63, 3.8) is 0 Å². The van der Waals surface area contributed by atoms with Crippen molar-refractivity contribution in [1.82, 2.24) is 5.32 Å². The van der Waals surface area contributed by atoms with E-state index in [1.165, 1.54) is 18.9 Å². The fourth-order valence-corrected chi connectivity index (χ4v) is 2.42. The first-order valence-electron chi connectivity index (χ1n) is 4.96. The van der Waals surface area contributed by atoms with E-state index in [0.29, 0.717) is 6.04 Å². The zero-order valence-electron chi connectivity index (χ0n) is 8.30. The molecule has 84 valence electrons. The molecule has 1 heterocycles. The van der Waals surface area contributed by atoms with Crippen molar-refractivity contribution in [2.45, 2.75) is 25.3 Å². The molecular formula is C11H14BrClFN. The smallest absolute Gasteiger partial charge is 0.123 e. The Labute approximate surface area is 104 Å². The van der Waals surface area contributed by atoms with Crippen LogP contribution in [0.1, 0.15) is 30.9 Å². The lowest BCUT2D eigenvalue weighted by Gasteiger charge is -2.24. The minimum Gasteiger partial charge on any atom is -0.310 e. The Kier molecular flexibility index (Phi) is 5.03. The first kappa shape index (κ1) is 12.9. The monoisotopic (exact) mass is 293 g/mol. The van der Waals surface area contributed by atoms with Gasteiger partial charge in [-0.15, -0.1) is 12.4 Å². The molecule has 1 atom stereocenters. The average Bonchev–Trinajstić information content (AvgIpc) is 2.23. The maximum atomic E-state index is 13.1. The fourth-order valence-electron chi connectivity index (χ4n) is 1.90. The summed E-state index contributed by atoms with van der Waals surface area (Å²) in [5.74, 6) is -0.157. The Morgan fingerprint density at radius 1 is 1.33 bits per heavy atom. The van der Waals surface area contributed by atoms with Gasteiger partial charge in [-0.25, -0.2) is 4.39 Å². The molecule has 0 saturated carbocycles. The van der Waals surface area contributed by atoms with Gasteiger partial charge in [-0.3, -0.25) is 0 Å². The molecule has 1 nitrogen and oxygen atoms in total. The predicted octanol–water partition coefficient (Wildman–Crippen LogP) is 3.82. The van der Waals surface area contributed by atoms with E-state index in [9.17, 15) is 4.39 Å². The van der Waals surface area contributed by atoms with Crippen LogP contribution in [0.5, 0.6) is 0 Å². The molecular weight excluding hydrogens is 280 g/mol. The molecule has 0 bridgehead atoms.